The zero-order valence-corrected chi connectivity index (χ0v) is 19.5. The SMILES string of the molecule is Cc1ccc(C(=O)N2CCC(CNC(=O)c3cnn(C)c3)CC2)cc1NC(=O)c1ccccc1. The molecule has 3 amide bonds. The van der Waals surface area contributed by atoms with E-state index in [2.05, 4.69) is 15.7 Å². The van der Waals surface area contributed by atoms with Crippen molar-refractivity contribution >= 4 is 23.4 Å². The van der Waals surface area contributed by atoms with Crippen LogP contribution in [0.2, 0.25) is 0 Å². The number of carbonyl (C=O) groups is 3. The molecule has 0 radical (unpaired) electrons. The fourth-order valence-electron chi connectivity index (χ4n) is 4.07. The maximum atomic E-state index is 13.1. The molecule has 34 heavy (non-hydrogen) atoms. The van der Waals surface area contributed by atoms with Gasteiger partial charge in [0.05, 0.1) is 11.8 Å². The minimum absolute atomic E-state index is 0.0481. The Morgan fingerprint density at radius 1 is 0.971 bits per heavy atom. The molecule has 3 aromatic rings. The quantitative estimate of drug-likeness (QED) is 0.591. The predicted molar refractivity (Wildman–Crippen MR) is 130 cm³/mol. The number of nitrogens with one attached hydrogen (secondary N) is 2. The van der Waals surface area contributed by atoms with Crippen LogP contribution in [0.15, 0.2) is 60.9 Å². The van der Waals surface area contributed by atoms with Crippen LogP contribution in [0.4, 0.5) is 5.69 Å². The average molecular weight is 460 g/mol. The van der Waals surface area contributed by atoms with Gasteiger partial charge in [0.25, 0.3) is 17.7 Å². The highest BCUT2D eigenvalue weighted by Crippen LogP contribution is 2.22. The number of aryl methyl sites for hydroxylation is 2. The van der Waals surface area contributed by atoms with Gasteiger partial charge in [0.15, 0.2) is 0 Å². The fraction of sp³-hybridized carbons (Fsp3) is 0.308. The molecule has 2 N–H and O–H groups in total. The molecule has 0 saturated carbocycles. The zero-order valence-electron chi connectivity index (χ0n) is 19.5. The molecule has 0 bridgehead atoms. The monoisotopic (exact) mass is 459 g/mol. The highest BCUT2D eigenvalue weighted by molar-refractivity contribution is 6.05. The van der Waals surface area contributed by atoms with Crippen LogP contribution in [0.1, 0.15) is 49.5 Å². The van der Waals surface area contributed by atoms with Crippen LogP contribution >= 0.6 is 0 Å². The number of carbonyl (C=O) groups excluding carboxylic acids is 3. The van der Waals surface area contributed by atoms with Gasteiger partial charge in [-0.25, -0.2) is 0 Å². The molecule has 8 nitrogen and oxygen atoms in total. The summed E-state index contributed by atoms with van der Waals surface area (Å²) in [5.41, 5.74) is 3.19. The van der Waals surface area contributed by atoms with Gasteiger partial charge in [0, 0.05) is 49.7 Å². The number of aromatic nitrogens is 2. The lowest BCUT2D eigenvalue weighted by molar-refractivity contribution is 0.0684. The lowest BCUT2D eigenvalue weighted by Crippen LogP contribution is -2.41. The van der Waals surface area contributed by atoms with E-state index >= 15 is 0 Å². The minimum Gasteiger partial charge on any atom is -0.352 e. The van der Waals surface area contributed by atoms with Gasteiger partial charge in [-0.05, 0) is 55.5 Å². The standard InChI is InChI=1S/C26H29N5O3/c1-18-8-9-21(14-23(18)29-25(33)20-6-4-3-5-7-20)26(34)31-12-10-19(11-13-31)15-27-24(32)22-16-28-30(2)17-22/h3-9,14,16-17,19H,10-13,15H2,1-2H3,(H,27,32)(H,29,33). The number of likely N-dealkylation sites (tertiary alicyclic amines) is 1. The van der Waals surface area contributed by atoms with E-state index in [0.29, 0.717) is 47.9 Å². The van der Waals surface area contributed by atoms with Crippen molar-refractivity contribution in [3.8, 4) is 0 Å². The number of rotatable bonds is 6. The lowest BCUT2D eigenvalue weighted by Gasteiger charge is -2.32. The van der Waals surface area contributed by atoms with E-state index in [0.717, 1.165) is 18.4 Å². The Labute approximate surface area is 199 Å². The molecule has 1 aliphatic rings. The van der Waals surface area contributed by atoms with Gasteiger partial charge >= 0.3 is 0 Å². The first-order valence-electron chi connectivity index (χ1n) is 11.4. The summed E-state index contributed by atoms with van der Waals surface area (Å²) in [5.74, 6) is -0.0600. The molecule has 0 unspecified atom stereocenters. The Morgan fingerprint density at radius 3 is 2.38 bits per heavy atom. The van der Waals surface area contributed by atoms with Gasteiger partial charge in [-0.15, -0.1) is 0 Å². The summed E-state index contributed by atoms with van der Waals surface area (Å²) >= 11 is 0. The number of amides is 3. The van der Waals surface area contributed by atoms with E-state index < -0.39 is 0 Å². The van der Waals surface area contributed by atoms with E-state index in [1.165, 1.54) is 0 Å². The van der Waals surface area contributed by atoms with Crippen molar-refractivity contribution in [2.24, 2.45) is 13.0 Å². The molecule has 1 aliphatic heterocycles. The molecule has 4 rings (SSSR count). The summed E-state index contributed by atoms with van der Waals surface area (Å²) in [5, 5.41) is 9.91. The Balaban J connectivity index is 1.31. The average Bonchev–Trinajstić information content (AvgIpc) is 3.30. The van der Waals surface area contributed by atoms with Crippen molar-refractivity contribution in [1.82, 2.24) is 20.0 Å². The number of nitrogens with zero attached hydrogens (tertiary/aromatic N) is 3. The Hall–Kier alpha value is -3.94. The molecule has 2 heterocycles. The highest BCUT2D eigenvalue weighted by Gasteiger charge is 2.24. The normalized spacial score (nSPS) is 14.0. The Bertz CT molecular complexity index is 1180. The summed E-state index contributed by atoms with van der Waals surface area (Å²) in [7, 11) is 1.78. The van der Waals surface area contributed by atoms with Crippen molar-refractivity contribution < 1.29 is 14.4 Å². The molecule has 0 spiro atoms. The molecule has 8 heteroatoms. The van der Waals surface area contributed by atoms with Gasteiger partial charge in [0.1, 0.15) is 0 Å². The third-order valence-electron chi connectivity index (χ3n) is 6.19. The van der Waals surface area contributed by atoms with Crippen molar-refractivity contribution in [3.05, 3.63) is 83.2 Å². The first-order chi connectivity index (χ1) is 16.4. The van der Waals surface area contributed by atoms with Gasteiger partial charge in [-0.2, -0.15) is 5.10 Å². The van der Waals surface area contributed by atoms with E-state index in [-0.39, 0.29) is 17.7 Å². The zero-order chi connectivity index (χ0) is 24.1. The van der Waals surface area contributed by atoms with Crippen LogP contribution < -0.4 is 10.6 Å². The molecular weight excluding hydrogens is 430 g/mol. The van der Waals surface area contributed by atoms with Crippen LogP contribution in [0.5, 0.6) is 0 Å². The first kappa shape index (κ1) is 23.2. The van der Waals surface area contributed by atoms with Crippen LogP contribution in [-0.4, -0.2) is 52.0 Å². The number of hydrogen-bond donors (Lipinski definition) is 2. The maximum absolute atomic E-state index is 13.1. The molecule has 1 aromatic heterocycles. The summed E-state index contributed by atoms with van der Waals surface area (Å²) in [6, 6.07) is 14.4. The number of benzene rings is 2. The van der Waals surface area contributed by atoms with Crippen molar-refractivity contribution in [1.29, 1.82) is 0 Å². The van der Waals surface area contributed by atoms with Crippen molar-refractivity contribution in [2.75, 3.05) is 25.0 Å². The first-order valence-corrected chi connectivity index (χ1v) is 11.4. The molecule has 0 aliphatic carbocycles. The van der Waals surface area contributed by atoms with E-state index in [4.69, 9.17) is 0 Å². The summed E-state index contributed by atoms with van der Waals surface area (Å²) < 4.78 is 1.60. The van der Waals surface area contributed by atoms with E-state index in [1.807, 2.05) is 36.1 Å². The Morgan fingerprint density at radius 2 is 1.71 bits per heavy atom. The van der Waals surface area contributed by atoms with Crippen molar-refractivity contribution in [3.63, 3.8) is 0 Å². The second-order valence-corrected chi connectivity index (χ2v) is 8.70. The highest BCUT2D eigenvalue weighted by atomic mass is 16.2. The fourth-order valence-corrected chi connectivity index (χ4v) is 4.07. The number of hydrogen-bond acceptors (Lipinski definition) is 4. The lowest BCUT2D eigenvalue weighted by atomic mass is 9.96. The Kier molecular flexibility index (Phi) is 7.06. The molecule has 1 saturated heterocycles. The van der Waals surface area contributed by atoms with Crippen molar-refractivity contribution in [2.45, 2.75) is 19.8 Å². The predicted octanol–water partition coefficient (Wildman–Crippen LogP) is 3.26. The third-order valence-corrected chi connectivity index (χ3v) is 6.19. The minimum atomic E-state index is -0.206. The molecule has 1 fully saturated rings. The number of anilines is 1. The van der Waals surface area contributed by atoms with Crippen LogP contribution in [-0.2, 0) is 7.05 Å². The molecular formula is C26H29N5O3. The largest absolute Gasteiger partial charge is 0.352 e. The second-order valence-electron chi connectivity index (χ2n) is 8.70. The van der Waals surface area contributed by atoms with Crippen LogP contribution in [0.3, 0.4) is 0 Å². The molecule has 176 valence electrons. The van der Waals surface area contributed by atoms with Gasteiger partial charge < -0.3 is 15.5 Å². The van der Waals surface area contributed by atoms with E-state index in [1.54, 1.807) is 48.4 Å². The third kappa shape index (κ3) is 5.51. The molecule has 0 atom stereocenters. The summed E-state index contributed by atoms with van der Waals surface area (Å²) in [4.78, 5) is 39.7. The smallest absolute Gasteiger partial charge is 0.255 e. The van der Waals surface area contributed by atoms with Crippen LogP contribution in [0, 0.1) is 12.8 Å². The topological polar surface area (TPSA) is 96.3 Å². The van der Waals surface area contributed by atoms with Gasteiger partial charge in [-0.3, -0.25) is 19.1 Å². The summed E-state index contributed by atoms with van der Waals surface area (Å²) in [6.07, 6.45) is 4.88. The maximum Gasteiger partial charge on any atom is 0.255 e. The summed E-state index contributed by atoms with van der Waals surface area (Å²) in [6.45, 7) is 3.74. The number of piperidine rings is 1. The van der Waals surface area contributed by atoms with Gasteiger partial charge in [-0.1, -0.05) is 24.3 Å². The van der Waals surface area contributed by atoms with E-state index in [9.17, 15) is 14.4 Å². The van der Waals surface area contributed by atoms with Crippen LogP contribution in [0.25, 0.3) is 0 Å². The molecule has 2 aromatic carbocycles. The second kappa shape index (κ2) is 10.3. The van der Waals surface area contributed by atoms with Gasteiger partial charge in [0.2, 0.25) is 0 Å².